The second-order valence-electron chi connectivity index (χ2n) is 5.54. The minimum Gasteiger partial charge on any atom is -0.493 e. The van der Waals surface area contributed by atoms with Crippen LogP contribution in [0.1, 0.15) is 30.9 Å². The van der Waals surface area contributed by atoms with Crippen LogP contribution in [-0.2, 0) is 13.2 Å². The third-order valence-electron chi connectivity index (χ3n) is 3.66. The summed E-state index contributed by atoms with van der Waals surface area (Å²) >= 11 is 6.02. The smallest absolute Gasteiger partial charge is 0.161 e. The van der Waals surface area contributed by atoms with Crippen molar-refractivity contribution in [2.75, 3.05) is 13.7 Å². The van der Waals surface area contributed by atoms with Crippen LogP contribution in [0.4, 0.5) is 4.39 Å². The summed E-state index contributed by atoms with van der Waals surface area (Å²) < 4.78 is 24.3. The third-order valence-corrected chi connectivity index (χ3v) is 4.01. The van der Waals surface area contributed by atoms with Crippen LogP contribution in [0.25, 0.3) is 0 Å². The van der Waals surface area contributed by atoms with Crippen molar-refractivity contribution in [2.45, 2.75) is 32.9 Å². The van der Waals surface area contributed by atoms with E-state index in [1.54, 1.807) is 13.2 Å². The average molecular weight is 352 g/mol. The number of benzene rings is 2. The molecular formula is C19H23ClFNO2. The van der Waals surface area contributed by atoms with E-state index in [-0.39, 0.29) is 12.4 Å². The summed E-state index contributed by atoms with van der Waals surface area (Å²) in [7, 11) is 1.61. The molecule has 0 saturated carbocycles. The van der Waals surface area contributed by atoms with Crippen LogP contribution in [0.3, 0.4) is 0 Å². The first kappa shape index (κ1) is 18.6. The van der Waals surface area contributed by atoms with Crippen LogP contribution < -0.4 is 14.8 Å². The summed E-state index contributed by atoms with van der Waals surface area (Å²) in [5.74, 6) is 0.944. The molecule has 2 aromatic carbocycles. The van der Waals surface area contributed by atoms with Gasteiger partial charge >= 0.3 is 0 Å². The van der Waals surface area contributed by atoms with Crippen LogP contribution in [0.5, 0.6) is 11.5 Å². The molecule has 0 radical (unpaired) electrons. The van der Waals surface area contributed by atoms with Gasteiger partial charge in [-0.05, 0) is 42.8 Å². The van der Waals surface area contributed by atoms with Gasteiger partial charge in [0.15, 0.2) is 11.5 Å². The van der Waals surface area contributed by atoms with E-state index in [1.807, 2.05) is 18.2 Å². The summed E-state index contributed by atoms with van der Waals surface area (Å²) in [6.07, 6.45) is 2.34. The van der Waals surface area contributed by atoms with Gasteiger partial charge in [-0.2, -0.15) is 0 Å². The maximum absolute atomic E-state index is 13.1. The van der Waals surface area contributed by atoms with Crippen molar-refractivity contribution in [3.8, 4) is 11.5 Å². The molecule has 0 aliphatic rings. The molecule has 0 atom stereocenters. The third kappa shape index (κ3) is 5.39. The Labute approximate surface area is 147 Å². The predicted molar refractivity (Wildman–Crippen MR) is 95.4 cm³/mol. The first-order valence-corrected chi connectivity index (χ1v) is 8.46. The van der Waals surface area contributed by atoms with E-state index in [2.05, 4.69) is 12.2 Å². The zero-order valence-corrected chi connectivity index (χ0v) is 14.8. The zero-order chi connectivity index (χ0) is 17.4. The molecule has 24 heavy (non-hydrogen) atoms. The van der Waals surface area contributed by atoms with Crippen molar-refractivity contribution in [1.29, 1.82) is 0 Å². The molecule has 0 aromatic heterocycles. The number of rotatable bonds is 9. The Morgan fingerprint density at radius 1 is 1.12 bits per heavy atom. The molecule has 3 nitrogen and oxygen atoms in total. The van der Waals surface area contributed by atoms with E-state index >= 15 is 0 Å². The Kier molecular flexibility index (Phi) is 7.35. The summed E-state index contributed by atoms with van der Waals surface area (Å²) in [4.78, 5) is 0. The van der Waals surface area contributed by atoms with Gasteiger partial charge in [0.25, 0.3) is 0 Å². The molecule has 0 unspecified atom stereocenters. The fraction of sp³-hybridized carbons (Fsp3) is 0.368. The van der Waals surface area contributed by atoms with E-state index in [4.69, 9.17) is 21.1 Å². The second kappa shape index (κ2) is 9.50. The number of methoxy groups -OCH3 is 1. The van der Waals surface area contributed by atoms with Gasteiger partial charge in [-0.15, -0.1) is 0 Å². The highest BCUT2D eigenvalue weighted by Gasteiger charge is 2.08. The van der Waals surface area contributed by atoms with Gasteiger partial charge in [0.05, 0.1) is 12.1 Å². The largest absolute Gasteiger partial charge is 0.493 e. The van der Waals surface area contributed by atoms with Crippen LogP contribution in [0.15, 0.2) is 36.4 Å². The molecule has 1 N–H and O–H groups in total. The quantitative estimate of drug-likeness (QED) is 0.648. The maximum atomic E-state index is 13.1. The van der Waals surface area contributed by atoms with Gasteiger partial charge in [-0.25, -0.2) is 4.39 Å². The predicted octanol–water partition coefficient (Wildman–Crippen LogP) is 4.96. The standard InChI is InChI=1S/C19H23ClFNO2/c1-3-4-9-22-12-14-5-8-18(19(10-14)23-2)24-13-15-6-7-16(21)11-17(15)20/h5-8,10-11,22H,3-4,9,12-13H2,1-2H3. The number of hydrogen-bond acceptors (Lipinski definition) is 3. The fourth-order valence-electron chi connectivity index (χ4n) is 2.27. The molecule has 0 spiro atoms. The maximum Gasteiger partial charge on any atom is 0.161 e. The Morgan fingerprint density at radius 2 is 1.96 bits per heavy atom. The van der Waals surface area contributed by atoms with E-state index in [0.29, 0.717) is 16.5 Å². The molecule has 0 aliphatic carbocycles. The number of hydrogen-bond donors (Lipinski definition) is 1. The Hall–Kier alpha value is -1.78. The van der Waals surface area contributed by atoms with E-state index in [0.717, 1.165) is 30.6 Å². The van der Waals surface area contributed by atoms with Crippen LogP contribution in [-0.4, -0.2) is 13.7 Å². The summed E-state index contributed by atoms with van der Waals surface area (Å²) in [6, 6.07) is 10.1. The van der Waals surface area contributed by atoms with Crippen molar-refractivity contribution >= 4 is 11.6 Å². The number of nitrogens with one attached hydrogen (secondary N) is 1. The fourth-order valence-corrected chi connectivity index (χ4v) is 2.49. The van der Waals surface area contributed by atoms with Gasteiger partial charge < -0.3 is 14.8 Å². The second-order valence-corrected chi connectivity index (χ2v) is 5.95. The van der Waals surface area contributed by atoms with Gasteiger partial charge in [0.2, 0.25) is 0 Å². The van der Waals surface area contributed by atoms with Crippen molar-refractivity contribution < 1.29 is 13.9 Å². The molecule has 0 heterocycles. The normalized spacial score (nSPS) is 10.7. The molecule has 2 aromatic rings. The van der Waals surface area contributed by atoms with E-state index < -0.39 is 0 Å². The Balaban J connectivity index is 1.99. The van der Waals surface area contributed by atoms with Crippen LogP contribution in [0, 0.1) is 5.82 Å². The number of ether oxygens (including phenoxy) is 2. The monoisotopic (exact) mass is 351 g/mol. The van der Waals surface area contributed by atoms with Gasteiger partial charge in [-0.1, -0.05) is 37.1 Å². The zero-order valence-electron chi connectivity index (χ0n) is 14.1. The lowest BCUT2D eigenvalue weighted by atomic mass is 10.2. The van der Waals surface area contributed by atoms with Crippen molar-refractivity contribution in [3.05, 3.63) is 58.4 Å². The van der Waals surface area contributed by atoms with E-state index in [1.165, 1.54) is 18.6 Å². The lowest BCUT2D eigenvalue weighted by Crippen LogP contribution is -2.14. The lowest BCUT2D eigenvalue weighted by Gasteiger charge is -2.13. The first-order chi connectivity index (χ1) is 11.6. The summed E-state index contributed by atoms with van der Waals surface area (Å²) in [6.45, 7) is 4.22. The Bertz CT molecular complexity index is 664. The Morgan fingerprint density at radius 3 is 2.67 bits per heavy atom. The highest BCUT2D eigenvalue weighted by atomic mass is 35.5. The molecular weight excluding hydrogens is 329 g/mol. The van der Waals surface area contributed by atoms with Crippen molar-refractivity contribution in [3.63, 3.8) is 0 Å². The number of halogens is 2. The highest BCUT2D eigenvalue weighted by molar-refractivity contribution is 6.31. The van der Waals surface area contributed by atoms with Gasteiger partial charge in [0, 0.05) is 12.1 Å². The molecule has 0 aliphatic heterocycles. The summed E-state index contributed by atoms with van der Waals surface area (Å²) in [5, 5.41) is 3.75. The van der Waals surface area contributed by atoms with Gasteiger partial charge in [-0.3, -0.25) is 0 Å². The molecule has 2 rings (SSSR count). The minimum absolute atomic E-state index is 0.254. The van der Waals surface area contributed by atoms with Crippen LogP contribution in [0.2, 0.25) is 5.02 Å². The SMILES string of the molecule is CCCCNCc1ccc(OCc2ccc(F)cc2Cl)c(OC)c1. The van der Waals surface area contributed by atoms with Crippen LogP contribution >= 0.6 is 11.6 Å². The molecule has 130 valence electrons. The highest BCUT2D eigenvalue weighted by Crippen LogP contribution is 2.29. The molecule has 0 amide bonds. The molecule has 5 heteroatoms. The van der Waals surface area contributed by atoms with Gasteiger partial charge in [0.1, 0.15) is 12.4 Å². The summed E-state index contributed by atoms with van der Waals surface area (Å²) in [5.41, 5.74) is 1.86. The molecule has 0 fully saturated rings. The first-order valence-electron chi connectivity index (χ1n) is 8.08. The molecule has 0 bridgehead atoms. The van der Waals surface area contributed by atoms with Crippen molar-refractivity contribution in [2.24, 2.45) is 0 Å². The lowest BCUT2D eigenvalue weighted by molar-refractivity contribution is 0.284. The average Bonchev–Trinajstić information content (AvgIpc) is 2.58. The number of unbranched alkanes of at least 4 members (excludes halogenated alkanes) is 1. The minimum atomic E-state index is -0.360. The topological polar surface area (TPSA) is 30.5 Å². The molecule has 0 saturated heterocycles. The van der Waals surface area contributed by atoms with E-state index in [9.17, 15) is 4.39 Å². The van der Waals surface area contributed by atoms with Crippen molar-refractivity contribution in [1.82, 2.24) is 5.32 Å².